The molecule has 2 aliphatic rings. The predicted molar refractivity (Wildman–Crippen MR) is 78.5 cm³/mol. The fourth-order valence-electron chi connectivity index (χ4n) is 3.11. The van der Waals surface area contributed by atoms with Crippen LogP contribution in [0, 0.1) is 0 Å². The lowest BCUT2D eigenvalue weighted by atomic mass is 9.97. The summed E-state index contributed by atoms with van der Waals surface area (Å²) >= 11 is 1.85. The van der Waals surface area contributed by atoms with Crippen molar-refractivity contribution in [3.8, 4) is 0 Å². The van der Waals surface area contributed by atoms with Crippen molar-refractivity contribution in [3.05, 3.63) is 52.0 Å². The van der Waals surface area contributed by atoms with Crippen LogP contribution in [-0.2, 0) is 5.41 Å². The minimum Gasteiger partial charge on any atom is -0.309 e. The third kappa shape index (κ3) is 1.92. The molecule has 4 rings (SSSR count). The lowest BCUT2D eigenvalue weighted by molar-refractivity contribution is 0.626. The van der Waals surface area contributed by atoms with E-state index in [0.29, 0.717) is 6.04 Å². The summed E-state index contributed by atoms with van der Waals surface area (Å²) in [5.74, 6) is 0. The Balaban J connectivity index is 1.66. The molecule has 0 bridgehead atoms. The summed E-state index contributed by atoms with van der Waals surface area (Å²) in [5, 5.41) is 7.13. The van der Waals surface area contributed by atoms with Crippen LogP contribution in [0.1, 0.15) is 48.0 Å². The molecule has 0 radical (unpaired) electrons. The van der Waals surface area contributed by atoms with Gasteiger partial charge in [-0.15, -0.1) is 11.3 Å². The van der Waals surface area contributed by atoms with E-state index in [0.717, 1.165) is 6.54 Å². The van der Waals surface area contributed by atoms with Gasteiger partial charge in [-0.2, -0.15) is 0 Å². The zero-order chi connectivity index (χ0) is 12.7. The summed E-state index contributed by atoms with van der Waals surface area (Å²) < 4.78 is 0. The summed E-state index contributed by atoms with van der Waals surface area (Å²) in [4.78, 5) is 4.96. The van der Waals surface area contributed by atoms with Gasteiger partial charge in [0.15, 0.2) is 0 Å². The van der Waals surface area contributed by atoms with Crippen molar-refractivity contribution in [2.75, 3.05) is 6.54 Å². The maximum atomic E-state index is 4.96. The average Bonchev–Trinajstić information content (AvgIpc) is 2.92. The summed E-state index contributed by atoms with van der Waals surface area (Å²) in [6.45, 7) is 1.14. The molecule has 98 valence electrons. The smallest absolute Gasteiger partial charge is 0.103 e. The lowest BCUT2D eigenvalue weighted by Crippen LogP contribution is -2.14. The van der Waals surface area contributed by atoms with E-state index < -0.39 is 0 Å². The van der Waals surface area contributed by atoms with Crippen LogP contribution >= 0.6 is 11.3 Å². The van der Waals surface area contributed by atoms with E-state index in [1.54, 1.807) is 0 Å². The molecule has 1 aromatic heterocycles. The molecule has 2 nitrogen and oxygen atoms in total. The Morgan fingerprint density at radius 2 is 2.05 bits per heavy atom. The number of rotatable bonds is 3. The summed E-state index contributed by atoms with van der Waals surface area (Å²) in [5.41, 5.74) is 2.94. The van der Waals surface area contributed by atoms with Crippen molar-refractivity contribution in [1.29, 1.82) is 0 Å². The molecular weight excluding hydrogens is 252 g/mol. The number of benzene rings is 1. The van der Waals surface area contributed by atoms with Gasteiger partial charge >= 0.3 is 0 Å². The highest BCUT2D eigenvalue weighted by Crippen LogP contribution is 2.54. The highest BCUT2D eigenvalue weighted by Gasteiger charge is 2.48. The van der Waals surface area contributed by atoms with Gasteiger partial charge in [-0.05, 0) is 37.8 Å². The van der Waals surface area contributed by atoms with E-state index in [-0.39, 0.29) is 5.41 Å². The first-order valence-electron chi connectivity index (χ1n) is 7.13. The van der Waals surface area contributed by atoms with E-state index in [2.05, 4.69) is 41.0 Å². The van der Waals surface area contributed by atoms with Crippen LogP contribution in [0.3, 0.4) is 0 Å². The number of nitrogens with one attached hydrogen (secondary N) is 1. The fourth-order valence-corrected chi connectivity index (χ4v) is 4.27. The summed E-state index contributed by atoms with van der Waals surface area (Å²) in [6, 6.07) is 11.4. The number of nitrogens with zero attached hydrogens (tertiary/aromatic N) is 1. The molecule has 1 saturated carbocycles. The van der Waals surface area contributed by atoms with Gasteiger partial charge < -0.3 is 5.32 Å². The molecule has 0 amide bonds. The Bertz CT molecular complexity index is 565. The Morgan fingerprint density at radius 3 is 2.74 bits per heavy atom. The number of hydrogen-bond donors (Lipinski definition) is 1. The van der Waals surface area contributed by atoms with Gasteiger partial charge in [0.25, 0.3) is 0 Å². The van der Waals surface area contributed by atoms with Crippen molar-refractivity contribution in [2.45, 2.75) is 37.1 Å². The van der Waals surface area contributed by atoms with Crippen LogP contribution in [0.5, 0.6) is 0 Å². The van der Waals surface area contributed by atoms with Gasteiger partial charge in [-0.3, -0.25) is 0 Å². The predicted octanol–water partition coefficient (Wildman–Crippen LogP) is 3.65. The topological polar surface area (TPSA) is 24.9 Å². The van der Waals surface area contributed by atoms with Crippen LogP contribution in [0.25, 0.3) is 0 Å². The largest absolute Gasteiger partial charge is 0.309 e. The van der Waals surface area contributed by atoms with Gasteiger partial charge in [-0.25, -0.2) is 4.98 Å². The Hall–Kier alpha value is -1.19. The van der Waals surface area contributed by atoms with Gasteiger partial charge in [-0.1, -0.05) is 30.3 Å². The second-order valence-electron chi connectivity index (χ2n) is 5.67. The Morgan fingerprint density at radius 1 is 1.21 bits per heavy atom. The zero-order valence-corrected chi connectivity index (χ0v) is 11.7. The van der Waals surface area contributed by atoms with Crippen molar-refractivity contribution in [2.24, 2.45) is 0 Å². The number of hydrogen-bond acceptors (Lipinski definition) is 3. The van der Waals surface area contributed by atoms with Crippen LogP contribution in [0.2, 0.25) is 0 Å². The van der Waals surface area contributed by atoms with Gasteiger partial charge in [0.1, 0.15) is 5.01 Å². The highest BCUT2D eigenvalue weighted by atomic mass is 32.1. The van der Waals surface area contributed by atoms with Crippen molar-refractivity contribution < 1.29 is 0 Å². The first-order valence-corrected chi connectivity index (χ1v) is 8.01. The average molecular weight is 270 g/mol. The second kappa shape index (κ2) is 4.43. The van der Waals surface area contributed by atoms with Crippen LogP contribution in [0.4, 0.5) is 0 Å². The highest BCUT2D eigenvalue weighted by molar-refractivity contribution is 7.09. The first-order chi connectivity index (χ1) is 9.38. The second-order valence-corrected chi connectivity index (χ2v) is 6.53. The molecule has 3 heteroatoms. The zero-order valence-electron chi connectivity index (χ0n) is 10.9. The fraction of sp³-hybridized carbons (Fsp3) is 0.438. The summed E-state index contributed by atoms with van der Waals surface area (Å²) in [7, 11) is 0. The standard InChI is InChI=1S/C16H18N2S/c1-2-5-12(6-3-1)16(8-9-16)15-18-14(11-19-15)13-7-4-10-17-13/h1-3,5-6,11,13,17H,4,7-10H2. The molecule has 1 aliphatic carbocycles. The van der Waals surface area contributed by atoms with Crippen molar-refractivity contribution >= 4 is 11.3 Å². The molecule has 2 aromatic rings. The minimum atomic E-state index is 0.239. The molecule has 2 heterocycles. The Labute approximate surface area is 117 Å². The normalized spacial score (nSPS) is 24.5. The van der Waals surface area contributed by atoms with Gasteiger partial charge in [0.2, 0.25) is 0 Å². The Kier molecular flexibility index (Phi) is 2.71. The SMILES string of the molecule is c1ccc(C2(c3nc(C4CCCN4)cs3)CC2)cc1. The molecule has 1 unspecified atom stereocenters. The molecular formula is C16H18N2S. The van der Waals surface area contributed by atoms with E-state index >= 15 is 0 Å². The third-order valence-corrected chi connectivity index (χ3v) is 5.49. The lowest BCUT2D eigenvalue weighted by Gasteiger charge is -2.12. The third-order valence-electron chi connectivity index (χ3n) is 4.43. The quantitative estimate of drug-likeness (QED) is 0.921. The summed E-state index contributed by atoms with van der Waals surface area (Å²) in [6.07, 6.45) is 5.02. The maximum Gasteiger partial charge on any atom is 0.103 e. The van der Waals surface area contributed by atoms with E-state index in [1.165, 1.54) is 41.9 Å². The molecule has 0 spiro atoms. The number of thiazole rings is 1. The molecule has 1 atom stereocenters. The van der Waals surface area contributed by atoms with Gasteiger partial charge in [0, 0.05) is 10.8 Å². The monoisotopic (exact) mass is 270 g/mol. The molecule has 1 aliphatic heterocycles. The molecule has 1 N–H and O–H groups in total. The molecule has 1 saturated heterocycles. The van der Waals surface area contributed by atoms with Crippen LogP contribution in [0.15, 0.2) is 35.7 Å². The maximum absolute atomic E-state index is 4.96. The van der Waals surface area contributed by atoms with Gasteiger partial charge in [0.05, 0.1) is 11.7 Å². The molecule has 19 heavy (non-hydrogen) atoms. The van der Waals surface area contributed by atoms with Crippen LogP contribution < -0.4 is 5.32 Å². The van der Waals surface area contributed by atoms with Crippen LogP contribution in [-0.4, -0.2) is 11.5 Å². The minimum absolute atomic E-state index is 0.239. The van der Waals surface area contributed by atoms with Crippen molar-refractivity contribution in [1.82, 2.24) is 10.3 Å². The van der Waals surface area contributed by atoms with E-state index in [4.69, 9.17) is 4.98 Å². The molecule has 1 aromatic carbocycles. The number of aromatic nitrogens is 1. The van der Waals surface area contributed by atoms with Crippen molar-refractivity contribution in [3.63, 3.8) is 0 Å². The van der Waals surface area contributed by atoms with E-state index in [9.17, 15) is 0 Å². The first kappa shape index (κ1) is 11.6. The van der Waals surface area contributed by atoms with E-state index in [1.807, 2.05) is 11.3 Å². The molecule has 2 fully saturated rings.